The number of hydrogen-bond acceptors (Lipinski definition) is 7. The molecule has 7 nitrogen and oxygen atoms in total. The Morgan fingerprint density at radius 1 is 1.08 bits per heavy atom. The minimum Gasteiger partial charge on any atom is -0.459 e. The third-order valence-electron chi connectivity index (χ3n) is 9.08. The number of benzene rings is 2. The van der Waals surface area contributed by atoms with Crippen LogP contribution in [0.4, 0.5) is 5.69 Å². The Kier molecular flexibility index (Phi) is 4.95. The molecular weight excluding hydrogens is 456 g/mol. The molecular formula is C29H28N2O5. The average molecular weight is 485 g/mol. The van der Waals surface area contributed by atoms with Crippen molar-refractivity contribution in [3.05, 3.63) is 77.9 Å². The second-order valence-corrected chi connectivity index (χ2v) is 10.7. The number of aliphatic hydroxyl groups is 1. The number of ether oxygens (including phenoxy) is 1. The second kappa shape index (κ2) is 7.76. The van der Waals surface area contributed by atoms with Crippen molar-refractivity contribution in [2.45, 2.75) is 56.5 Å². The van der Waals surface area contributed by atoms with Crippen molar-refractivity contribution in [1.82, 2.24) is 0 Å². The van der Waals surface area contributed by atoms with Crippen molar-refractivity contribution in [1.29, 1.82) is 5.26 Å². The fourth-order valence-corrected chi connectivity index (χ4v) is 6.86. The number of hydroxylamine groups is 1. The van der Waals surface area contributed by atoms with Crippen molar-refractivity contribution >= 4 is 17.4 Å². The number of carbonyl (C=O) groups excluding carboxylic acids is 2. The number of nitriles is 1. The monoisotopic (exact) mass is 484 g/mol. The average Bonchev–Trinajstić information content (AvgIpc) is 3.49. The van der Waals surface area contributed by atoms with E-state index in [1.54, 1.807) is 30.2 Å². The predicted molar refractivity (Wildman–Crippen MR) is 130 cm³/mol. The van der Waals surface area contributed by atoms with Gasteiger partial charge in [-0.05, 0) is 67.7 Å². The van der Waals surface area contributed by atoms with E-state index in [0.29, 0.717) is 24.8 Å². The molecule has 36 heavy (non-hydrogen) atoms. The van der Waals surface area contributed by atoms with Crippen molar-refractivity contribution in [2.24, 2.45) is 17.3 Å². The highest BCUT2D eigenvalue weighted by molar-refractivity contribution is 6.00. The summed E-state index contributed by atoms with van der Waals surface area (Å²) in [5.41, 5.74) is -1.70. The largest absolute Gasteiger partial charge is 0.459 e. The molecule has 2 aromatic rings. The molecule has 2 heterocycles. The Labute approximate surface area is 209 Å². The lowest BCUT2D eigenvalue weighted by molar-refractivity contribution is -0.169. The van der Waals surface area contributed by atoms with Gasteiger partial charge in [-0.2, -0.15) is 5.26 Å². The van der Waals surface area contributed by atoms with Crippen LogP contribution in [0.3, 0.4) is 0 Å². The molecule has 4 aliphatic rings. The number of fused-ring (bicyclic) bond motifs is 4. The fourth-order valence-electron chi connectivity index (χ4n) is 6.86. The minimum absolute atomic E-state index is 0.187. The highest BCUT2D eigenvalue weighted by Crippen LogP contribution is 2.61. The Hall–Kier alpha value is -3.47. The third-order valence-corrected chi connectivity index (χ3v) is 9.08. The molecule has 1 unspecified atom stereocenters. The number of esters is 1. The van der Waals surface area contributed by atoms with Gasteiger partial charge in [-0.3, -0.25) is 9.63 Å². The van der Waals surface area contributed by atoms with Crippen LogP contribution in [-0.4, -0.2) is 34.2 Å². The van der Waals surface area contributed by atoms with Gasteiger partial charge in [-0.15, -0.1) is 0 Å². The van der Waals surface area contributed by atoms with E-state index in [-0.39, 0.29) is 17.7 Å². The number of para-hydroxylation sites is 1. The van der Waals surface area contributed by atoms with Crippen LogP contribution >= 0.6 is 0 Å². The van der Waals surface area contributed by atoms with Crippen molar-refractivity contribution in [3.8, 4) is 6.07 Å². The molecule has 6 rings (SSSR count). The van der Waals surface area contributed by atoms with Crippen LogP contribution in [-0.2, 0) is 19.2 Å². The van der Waals surface area contributed by atoms with Gasteiger partial charge in [-0.1, -0.05) is 37.3 Å². The Morgan fingerprint density at radius 2 is 1.81 bits per heavy atom. The molecule has 2 aliphatic carbocycles. The second-order valence-electron chi connectivity index (χ2n) is 10.7. The first kappa shape index (κ1) is 23.0. The maximum Gasteiger partial charge on any atom is 0.342 e. The first-order chi connectivity index (χ1) is 17.2. The molecule has 1 spiro atoms. The van der Waals surface area contributed by atoms with E-state index in [1.165, 1.54) is 6.08 Å². The van der Waals surface area contributed by atoms with E-state index in [2.05, 4.69) is 6.07 Å². The maximum absolute atomic E-state index is 13.7. The zero-order chi connectivity index (χ0) is 25.3. The van der Waals surface area contributed by atoms with Crippen LogP contribution < -0.4 is 5.06 Å². The highest BCUT2D eigenvalue weighted by Gasteiger charge is 2.74. The number of anilines is 1. The quantitative estimate of drug-likeness (QED) is 0.643. The molecule has 184 valence electrons. The number of rotatable bonds is 2. The Balaban J connectivity index is 1.45. The van der Waals surface area contributed by atoms with Crippen molar-refractivity contribution < 1.29 is 24.3 Å². The summed E-state index contributed by atoms with van der Waals surface area (Å²) in [5.74, 6) is -1.31. The molecule has 7 heteroatoms. The number of allylic oxidation sites excluding steroid dienone is 1. The van der Waals surface area contributed by atoms with Gasteiger partial charge < -0.3 is 9.84 Å². The van der Waals surface area contributed by atoms with E-state index >= 15 is 0 Å². The normalized spacial score (nSPS) is 39.0. The van der Waals surface area contributed by atoms with Crippen LogP contribution in [0.5, 0.6) is 0 Å². The zero-order valence-electron chi connectivity index (χ0n) is 20.3. The molecule has 2 aromatic carbocycles. The Morgan fingerprint density at radius 3 is 2.50 bits per heavy atom. The van der Waals surface area contributed by atoms with Gasteiger partial charge in [0.15, 0.2) is 5.78 Å². The molecule has 7 atom stereocenters. The summed E-state index contributed by atoms with van der Waals surface area (Å²) in [6.45, 7) is 3.67. The van der Waals surface area contributed by atoms with Crippen LogP contribution in [0.2, 0.25) is 0 Å². The Bertz CT molecular complexity index is 1300. The fraction of sp³-hybridized carbons (Fsp3) is 0.414. The number of hydrogen-bond donors (Lipinski definition) is 1. The molecule has 0 radical (unpaired) electrons. The van der Waals surface area contributed by atoms with Crippen molar-refractivity contribution in [2.75, 3.05) is 5.06 Å². The van der Waals surface area contributed by atoms with E-state index in [0.717, 1.165) is 11.3 Å². The topological polar surface area (TPSA) is 99.9 Å². The highest BCUT2D eigenvalue weighted by atomic mass is 16.7. The molecule has 1 N–H and O–H groups in total. The summed E-state index contributed by atoms with van der Waals surface area (Å²) in [6.07, 6.45) is 3.76. The maximum atomic E-state index is 13.7. The van der Waals surface area contributed by atoms with Gasteiger partial charge in [0, 0.05) is 12.3 Å². The van der Waals surface area contributed by atoms with Gasteiger partial charge in [0.2, 0.25) is 5.60 Å². The SMILES string of the molecule is C[C@H]1CC[C@@H]2[C@@H](OC(=O)[C@]23CC(c2ccc(C#N)cc2)N(c2ccccc2)O3)[C@]2(C)C(=O)C=C[C@@]12O. The first-order valence-electron chi connectivity index (χ1n) is 12.5. The number of carbonyl (C=O) groups is 2. The molecule has 0 amide bonds. The molecule has 3 fully saturated rings. The van der Waals surface area contributed by atoms with Gasteiger partial charge in [0.05, 0.1) is 28.8 Å². The third kappa shape index (κ3) is 2.86. The lowest BCUT2D eigenvalue weighted by Gasteiger charge is -2.43. The van der Waals surface area contributed by atoms with Gasteiger partial charge in [0.25, 0.3) is 0 Å². The molecule has 2 aliphatic heterocycles. The lowest BCUT2D eigenvalue weighted by atomic mass is 9.63. The lowest BCUT2D eigenvalue weighted by Crippen LogP contribution is -2.57. The summed E-state index contributed by atoms with van der Waals surface area (Å²) < 4.78 is 6.03. The van der Waals surface area contributed by atoms with E-state index in [4.69, 9.17) is 9.57 Å². The number of ketones is 1. The van der Waals surface area contributed by atoms with Crippen LogP contribution in [0, 0.1) is 28.6 Å². The molecule has 0 bridgehead atoms. The summed E-state index contributed by atoms with van der Waals surface area (Å²) in [5, 5.41) is 22.7. The molecule has 2 saturated heterocycles. The predicted octanol–water partition coefficient (Wildman–Crippen LogP) is 4.03. The van der Waals surface area contributed by atoms with Crippen molar-refractivity contribution in [3.63, 3.8) is 0 Å². The van der Waals surface area contributed by atoms with Crippen LogP contribution in [0.15, 0.2) is 66.7 Å². The smallest absolute Gasteiger partial charge is 0.342 e. The van der Waals surface area contributed by atoms with Gasteiger partial charge >= 0.3 is 5.97 Å². The minimum atomic E-state index is -1.39. The summed E-state index contributed by atoms with van der Waals surface area (Å²) in [6, 6.07) is 18.7. The van der Waals surface area contributed by atoms with Crippen LogP contribution in [0.25, 0.3) is 0 Å². The first-order valence-corrected chi connectivity index (χ1v) is 12.5. The van der Waals surface area contributed by atoms with Gasteiger partial charge in [0.1, 0.15) is 11.7 Å². The molecule has 0 aromatic heterocycles. The summed E-state index contributed by atoms with van der Waals surface area (Å²) in [7, 11) is 0. The molecule has 1 saturated carbocycles. The van der Waals surface area contributed by atoms with Gasteiger partial charge in [-0.25, -0.2) is 9.86 Å². The number of nitrogens with zero attached hydrogens (tertiary/aromatic N) is 2. The van der Waals surface area contributed by atoms with Crippen LogP contribution in [0.1, 0.15) is 50.3 Å². The summed E-state index contributed by atoms with van der Waals surface area (Å²) >= 11 is 0. The zero-order valence-corrected chi connectivity index (χ0v) is 20.3. The van der Waals surface area contributed by atoms with E-state index in [9.17, 15) is 20.0 Å². The standard InChI is InChI=1S/C29H28N2O5/c1-18-8-13-22-25(27(2)24(32)14-15-29(18,27)34)35-26(33)28(22)16-23(20-11-9-19(17-30)10-12-20)31(36-28)21-6-4-3-5-7-21/h3-7,9-12,14-15,18,22-23,25,34H,8,13,16H2,1-2H3/t18-,22+,23?,25+,27-,28-,29+/m0/s1. The summed E-state index contributed by atoms with van der Waals surface area (Å²) in [4.78, 5) is 33.6. The van der Waals surface area contributed by atoms with E-state index < -0.39 is 34.6 Å². The van der Waals surface area contributed by atoms with E-state index in [1.807, 2.05) is 49.4 Å².